The van der Waals surface area contributed by atoms with E-state index in [0.29, 0.717) is 22.0 Å². The highest BCUT2D eigenvalue weighted by Gasteiger charge is 2.52. The summed E-state index contributed by atoms with van der Waals surface area (Å²) in [4.78, 5) is 15.5. The Balaban J connectivity index is 2.37. The average Bonchev–Trinajstić information content (AvgIpc) is 2.66. The molecule has 1 aliphatic heterocycles. The molecule has 0 bridgehead atoms. The molecular formula is C16H23BClN3O3. The number of hydrogen-bond donors (Lipinski definition) is 2. The van der Waals surface area contributed by atoms with E-state index >= 15 is 0 Å². The summed E-state index contributed by atoms with van der Waals surface area (Å²) in [6.45, 7) is 9.59. The zero-order valence-electron chi connectivity index (χ0n) is 14.6. The number of nitrogens with two attached hydrogens (primary N) is 1. The van der Waals surface area contributed by atoms with Gasteiger partial charge in [-0.3, -0.25) is 4.79 Å². The van der Waals surface area contributed by atoms with Crippen molar-refractivity contribution in [3.05, 3.63) is 28.5 Å². The maximum atomic E-state index is 11.3. The maximum absolute atomic E-state index is 11.3. The summed E-state index contributed by atoms with van der Waals surface area (Å²) in [5, 5.41) is 3.10. The number of pyridine rings is 1. The third-order valence-corrected chi connectivity index (χ3v) is 4.55. The van der Waals surface area contributed by atoms with E-state index in [1.165, 1.54) is 6.92 Å². The van der Waals surface area contributed by atoms with Crippen molar-refractivity contribution in [1.29, 1.82) is 0 Å². The second-order valence-corrected chi connectivity index (χ2v) is 7.21. The van der Waals surface area contributed by atoms with Crippen LogP contribution in [0.4, 0.5) is 5.69 Å². The van der Waals surface area contributed by atoms with Gasteiger partial charge in [-0.15, -0.1) is 0 Å². The van der Waals surface area contributed by atoms with Crippen LogP contribution in [0.15, 0.2) is 17.6 Å². The van der Waals surface area contributed by atoms with E-state index < -0.39 is 18.3 Å². The second kappa shape index (κ2) is 6.74. The predicted octanol–water partition coefficient (Wildman–Crippen LogP) is 2.47. The van der Waals surface area contributed by atoms with Crippen molar-refractivity contribution in [2.24, 2.45) is 0 Å². The number of rotatable bonds is 4. The first kappa shape index (κ1) is 18.8. The van der Waals surface area contributed by atoms with Crippen LogP contribution < -0.4 is 11.1 Å². The Morgan fingerprint density at radius 2 is 1.92 bits per heavy atom. The van der Waals surface area contributed by atoms with E-state index in [-0.39, 0.29) is 12.5 Å². The van der Waals surface area contributed by atoms with Crippen LogP contribution in [0, 0.1) is 0 Å². The Hall–Kier alpha value is -1.57. The lowest BCUT2D eigenvalue weighted by atomic mass is 9.77. The van der Waals surface area contributed by atoms with E-state index in [1.807, 2.05) is 27.7 Å². The van der Waals surface area contributed by atoms with Gasteiger partial charge in [0.1, 0.15) is 5.15 Å². The molecule has 0 atom stereocenters. The van der Waals surface area contributed by atoms with Gasteiger partial charge in [-0.2, -0.15) is 0 Å². The molecule has 0 unspecified atom stereocenters. The summed E-state index contributed by atoms with van der Waals surface area (Å²) in [5.41, 5.74) is 6.70. The number of carbonyl (C=O) groups is 1. The molecule has 130 valence electrons. The summed E-state index contributed by atoms with van der Waals surface area (Å²) >= 11 is 5.95. The number of nitrogens with one attached hydrogen (secondary N) is 1. The molecule has 0 spiro atoms. The predicted molar refractivity (Wildman–Crippen MR) is 96.4 cm³/mol. The van der Waals surface area contributed by atoms with Gasteiger partial charge in [-0.25, -0.2) is 4.98 Å². The van der Waals surface area contributed by atoms with E-state index in [0.717, 1.165) is 0 Å². The summed E-state index contributed by atoms with van der Waals surface area (Å²) < 4.78 is 12.1. The molecule has 0 saturated carbocycles. The highest BCUT2D eigenvalue weighted by Crippen LogP contribution is 2.38. The van der Waals surface area contributed by atoms with Crippen LogP contribution in [0.3, 0.4) is 0 Å². The highest BCUT2D eigenvalue weighted by atomic mass is 35.5. The average molecular weight is 352 g/mol. The minimum atomic E-state index is -0.609. The van der Waals surface area contributed by atoms with Crippen LogP contribution in [-0.4, -0.2) is 35.8 Å². The number of anilines is 1. The smallest absolute Gasteiger partial charge is 0.400 e. The lowest BCUT2D eigenvalue weighted by Crippen LogP contribution is -2.41. The SMILES string of the molecule is CC(=O)NCC(=Cc1nc(Cl)ccc1N)B1OC(C)(C)C(C)(C)O1. The van der Waals surface area contributed by atoms with Crippen LogP contribution >= 0.6 is 11.6 Å². The molecule has 24 heavy (non-hydrogen) atoms. The van der Waals surface area contributed by atoms with Gasteiger partial charge in [0.15, 0.2) is 0 Å². The van der Waals surface area contributed by atoms with Gasteiger partial charge in [0.2, 0.25) is 5.91 Å². The molecule has 2 rings (SSSR count). The molecular weight excluding hydrogens is 328 g/mol. The lowest BCUT2D eigenvalue weighted by molar-refractivity contribution is -0.118. The first-order valence-electron chi connectivity index (χ1n) is 7.74. The fourth-order valence-electron chi connectivity index (χ4n) is 2.18. The van der Waals surface area contributed by atoms with Crippen molar-refractivity contribution in [3.63, 3.8) is 0 Å². The van der Waals surface area contributed by atoms with E-state index in [1.54, 1.807) is 18.2 Å². The number of halogens is 1. The van der Waals surface area contributed by atoms with Crippen molar-refractivity contribution in [1.82, 2.24) is 10.3 Å². The summed E-state index contributed by atoms with van der Waals surface area (Å²) in [5.74, 6) is -0.149. The van der Waals surface area contributed by atoms with E-state index in [9.17, 15) is 4.79 Å². The number of hydrogen-bond acceptors (Lipinski definition) is 5. The molecule has 0 aliphatic carbocycles. The lowest BCUT2D eigenvalue weighted by Gasteiger charge is -2.32. The Kier molecular flexibility index (Phi) is 5.27. The van der Waals surface area contributed by atoms with Crippen LogP contribution in [0.1, 0.15) is 40.3 Å². The number of aromatic nitrogens is 1. The fourth-order valence-corrected chi connectivity index (χ4v) is 2.33. The molecule has 8 heteroatoms. The molecule has 1 aliphatic rings. The first-order valence-corrected chi connectivity index (χ1v) is 8.12. The van der Waals surface area contributed by atoms with Crippen LogP contribution in [-0.2, 0) is 14.1 Å². The number of nitrogens with zero attached hydrogens (tertiary/aromatic N) is 1. The van der Waals surface area contributed by atoms with Crippen molar-refractivity contribution in [2.45, 2.75) is 45.8 Å². The maximum Gasteiger partial charge on any atom is 0.492 e. The monoisotopic (exact) mass is 351 g/mol. The molecule has 1 saturated heterocycles. The second-order valence-electron chi connectivity index (χ2n) is 6.83. The van der Waals surface area contributed by atoms with Crippen molar-refractivity contribution < 1.29 is 14.1 Å². The quantitative estimate of drug-likeness (QED) is 0.643. The molecule has 0 radical (unpaired) electrons. The molecule has 3 N–H and O–H groups in total. The van der Waals surface area contributed by atoms with Crippen molar-refractivity contribution in [3.8, 4) is 0 Å². The molecule has 1 amide bonds. The summed E-state index contributed by atoms with van der Waals surface area (Å²) in [6.07, 6.45) is 1.75. The normalized spacial score (nSPS) is 19.4. The van der Waals surface area contributed by atoms with Gasteiger partial charge >= 0.3 is 7.12 Å². The summed E-state index contributed by atoms with van der Waals surface area (Å²) in [6, 6.07) is 3.30. The first-order chi connectivity index (χ1) is 11.0. The summed E-state index contributed by atoms with van der Waals surface area (Å²) in [7, 11) is -0.609. The minimum Gasteiger partial charge on any atom is -0.400 e. The van der Waals surface area contributed by atoms with Crippen molar-refractivity contribution in [2.75, 3.05) is 12.3 Å². The molecule has 1 aromatic rings. The van der Waals surface area contributed by atoms with Crippen LogP contribution in [0.5, 0.6) is 0 Å². The third kappa shape index (κ3) is 4.09. The third-order valence-electron chi connectivity index (χ3n) is 4.34. The molecule has 0 aromatic carbocycles. The number of amides is 1. The molecule has 6 nitrogen and oxygen atoms in total. The largest absolute Gasteiger partial charge is 0.492 e. The van der Waals surface area contributed by atoms with Crippen LogP contribution in [0.2, 0.25) is 5.15 Å². The Labute approximate surface area is 147 Å². The van der Waals surface area contributed by atoms with Gasteiger partial charge in [0.25, 0.3) is 0 Å². The standard InChI is InChI=1S/C16H23BClN3O3/c1-10(22)20-9-11(8-13-12(19)6-7-14(18)21-13)17-23-15(2,3)16(4,5)24-17/h6-8H,9,19H2,1-5H3,(H,20,22). The number of carbonyl (C=O) groups excluding carboxylic acids is 1. The molecule has 1 aromatic heterocycles. The topological polar surface area (TPSA) is 86.5 Å². The molecule has 1 fully saturated rings. The minimum absolute atomic E-state index is 0.149. The van der Waals surface area contributed by atoms with Gasteiger partial charge in [0, 0.05) is 13.5 Å². The highest BCUT2D eigenvalue weighted by molar-refractivity contribution is 6.56. The zero-order valence-corrected chi connectivity index (χ0v) is 15.4. The van der Waals surface area contributed by atoms with Crippen molar-refractivity contribution >= 4 is 36.4 Å². The van der Waals surface area contributed by atoms with Gasteiger partial charge in [-0.05, 0) is 51.4 Å². The zero-order chi connectivity index (χ0) is 18.1. The Morgan fingerprint density at radius 1 is 1.33 bits per heavy atom. The molecule has 2 heterocycles. The van der Waals surface area contributed by atoms with Crippen LogP contribution in [0.25, 0.3) is 6.08 Å². The van der Waals surface area contributed by atoms with E-state index in [2.05, 4.69) is 10.3 Å². The number of nitrogen functional groups attached to an aromatic ring is 1. The Morgan fingerprint density at radius 3 is 2.46 bits per heavy atom. The Bertz CT molecular complexity index is 661. The van der Waals surface area contributed by atoms with Gasteiger partial charge in [0.05, 0.1) is 22.6 Å². The fraction of sp³-hybridized carbons (Fsp3) is 0.500. The van der Waals surface area contributed by atoms with E-state index in [4.69, 9.17) is 26.6 Å². The van der Waals surface area contributed by atoms with Gasteiger partial charge in [-0.1, -0.05) is 11.6 Å². The van der Waals surface area contributed by atoms with Gasteiger partial charge < -0.3 is 20.4 Å².